The van der Waals surface area contributed by atoms with Crippen LogP contribution in [0, 0.1) is 5.92 Å². The number of nitrogens with one attached hydrogen (secondary N) is 1. The molecule has 1 N–H and O–H groups in total. The van der Waals surface area contributed by atoms with E-state index >= 15 is 0 Å². The third kappa shape index (κ3) is 2.37. The maximum atomic E-state index is 4.49. The van der Waals surface area contributed by atoms with Gasteiger partial charge in [-0.05, 0) is 55.3 Å². The van der Waals surface area contributed by atoms with Crippen molar-refractivity contribution in [2.45, 2.75) is 45.1 Å². The van der Waals surface area contributed by atoms with Crippen LogP contribution >= 0.6 is 11.5 Å². The Morgan fingerprint density at radius 2 is 2.00 bits per heavy atom. The number of hydrogen-bond donors (Lipinski definition) is 1. The van der Waals surface area contributed by atoms with Crippen LogP contribution in [-0.4, -0.2) is 10.4 Å². The lowest BCUT2D eigenvalue weighted by molar-refractivity contribution is 0.330. The van der Waals surface area contributed by atoms with Crippen LogP contribution in [0.2, 0.25) is 0 Å². The minimum absolute atomic E-state index is 0.650. The lowest BCUT2D eigenvalue weighted by atomic mass is 9.84. The monoisotopic (exact) mass is 260 g/mol. The summed E-state index contributed by atoms with van der Waals surface area (Å²) in [5.41, 5.74) is 1.12. The predicted molar refractivity (Wildman–Crippen MR) is 79.3 cm³/mol. The summed E-state index contributed by atoms with van der Waals surface area (Å²) in [4.78, 5) is 0. The molecule has 18 heavy (non-hydrogen) atoms. The molecular formula is C15H20N2S. The molecule has 0 bridgehead atoms. The van der Waals surface area contributed by atoms with E-state index in [1.807, 2.05) is 0 Å². The number of nitrogens with zero attached hydrogens (tertiary/aromatic N) is 1. The van der Waals surface area contributed by atoms with Gasteiger partial charge < -0.3 is 5.32 Å². The van der Waals surface area contributed by atoms with Crippen LogP contribution in [0.15, 0.2) is 24.3 Å². The molecule has 0 saturated heterocycles. The molecule has 1 aromatic carbocycles. The number of anilines is 1. The highest BCUT2D eigenvalue weighted by Gasteiger charge is 2.20. The van der Waals surface area contributed by atoms with Crippen molar-refractivity contribution in [1.82, 2.24) is 4.37 Å². The van der Waals surface area contributed by atoms with Gasteiger partial charge in [0.25, 0.3) is 0 Å². The molecule has 0 amide bonds. The number of benzene rings is 1. The van der Waals surface area contributed by atoms with Gasteiger partial charge >= 0.3 is 0 Å². The fourth-order valence-corrected chi connectivity index (χ4v) is 3.73. The first-order valence-electron chi connectivity index (χ1n) is 6.97. The second kappa shape index (κ2) is 5.27. The van der Waals surface area contributed by atoms with Crippen molar-refractivity contribution in [3.63, 3.8) is 0 Å². The van der Waals surface area contributed by atoms with Crippen LogP contribution in [0.4, 0.5) is 5.00 Å². The van der Waals surface area contributed by atoms with Crippen LogP contribution in [-0.2, 0) is 0 Å². The van der Waals surface area contributed by atoms with E-state index in [-0.39, 0.29) is 0 Å². The van der Waals surface area contributed by atoms with Crippen LogP contribution in [0.5, 0.6) is 0 Å². The number of hydrogen-bond acceptors (Lipinski definition) is 3. The normalized spacial score (nSPS) is 24.3. The fourth-order valence-electron chi connectivity index (χ4n) is 2.89. The summed E-state index contributed by atoms with van der Waals surface area (Å²) in [5, 5.41) is 6.24. The lowest BCUT2D eigenvalue weighted by Crippen LogP contribution is -2.25. The number of aromatic nitrogens is 1. The van der Waals surface area contributed by atoms with E-state index < -0.39 is 0 Å². The van der Waals surface area contributed by atoms with Crippen molar-refractivity contribution in [2.24, 2.45) is 5.92 Å². The van der Waals surface area contributed by atoms with E-state index in [1.165, 1.54) is 42.5 Å². The van der Waals surface area contributed by atoms with Crippen molar-refractivity contribution in [3.05, 3.63) is 24.3 Å². The van der Waals surface area contributed by atoms with Gasteiger partial charge in [0.2, 0.25) is 0 Å². The first kappa shape index (κ1) is 12.0. The summed E-state index contributed by atoms with van der Waals surface area (Å²) in [5.74, 6) is 0.959. The van der Waals surface area contributed by atoms with Gasteiger partial charge in [-0.2, -0.15) is 4.37 Å². The summed E-state index contributed by atoms with van der Waals surface area (Å²) in [6, 6.07) is 9.05. The Kier molecular flexibility index (Phi) is 3.50. The van der Waals surface area contributed by atoms with Crippen molar-refractivity contribution < 1.29 is 0 Å². The van der Waals surface area contributed by atoms with Gasteiger partial charge in [-0.1, -0.05) is 25.5 Å². The second-order valence-electron chi connectivity index (χ2n) is 5.30. The first-order valence-corrected chi connectivity index (χ1v) is 7.75. The molecule has 3 heteroatoms. The first-order chi connectivity index (χ1) is 8.86. The van der Waals surface area contributed by atoms with E-state index in [0.29, 0.717) is 6.04 Å². The van der Waals surface area contributed by atoms with Gasteiger partial charge in [-0.15, -0.1) is 0 Å². The molecule has 2 nitrogen and oxygen atoms in total. The quantitative estimate of drug-likeness (QED) is 0.867. The average Bonchev–Trinajstić information content (AvgIpc) is 2.83. The van der Waals surface area contributed by atoms with Crippen LogP contribution < -0.4 is 5.32 Å². The Hall–Kier alpha value is -1.09. The molecule has 1 aliphatic carbocycles. The third-order valence-electron chi connectivity index (χ3n) is 4.14. The molecule has 3 rings (SSSR count). The molecule has 96 valence electrons. The highest BCUT2D eigenvalue weighted by Crippen LogP contribution is 2.32. The lowest BCUT2D eigenvalue weighted by Gasteiger charge is -2.28. The molecule has 0 atom stereocenters. The van der Waals surface area contributed by atoms with Crippen LogP contribution in [0.1, 0.15) is 39.0 Å². The molecule has 0 radical (unpaired) electrons. The number of fused-ring (bicyclic) bond motifs is 1. The average molecular weight is 260 g/mol. The van der Waals surface area contributed by atoms with Gasteiger partial charge in [0.05, 0.1) is 5.52 Å². The number of rotatable bonds is 3. The van der Waals surface area contributed by atoms with Crippen molar-refractivity contribution in [3.8, 4) is 0 Å². The van der Waals surface area contributed by atoms with Crippen molar-refractivity contribution in [1.29, 1.82) is 0 Å². The Balaban J connectivity index is 1.70. The topological polar surface area (TPSA) is 24.9 Å². The van der Waals surface area contributed by atoms with Gasteiger partial charge in [0.1, 0.15) is 5.00 Å². The van der Waals surface area contributed by atoms with Crippen molar-refractivity contribution >= 4 is 27.4 Å². The van der Waals surface area contributed by atoms with Crippen LogP contribution in [0.25, 0.3) is 10.9 Å². The summed E-state index contributed by atoms with van der Waals surface area (Å²) >= 11 is 1.60. The molecule has 2 aromatic rings. The molecule has 0 aliphatic heterocycles. The van der Waals surface area contributed by atoms with Crippen LogP contribution in [0.3, 0.4) is 0 Å². The molecule has 0 spiro atoms. The largest absolute Gasteiger partial charge is 0.372 e. The van der Waals surface area contributed by atoms with Gasteiger partial charge in [0.15, 0.2) is 0 Å². The molecule has 1 heterocycles. The maximum Gasteiger partial charge on any atom is 0.117 e. The SMILES string of the molecule is CCC1CCC(Nc2snc3ccccc23)CC1. The van der Waals surface area contributed by atoms with E-state index in [4.69, 9.17) is 0 Å². The molecule has 1 fully saturated rings. The van der Waals surface area contributed by atoms with E-state index in [9.17, 15) is 0 Å². The summed E-state index contributed by atoms with van der Waals surface area (Å²) in [6.07, 6.45) is 6.72. The Morgan fingerprint density at radius 3 is 2.78 bits per heavy atom. The molecule has 1 aliphatic rings. The zero-order valence-electron chi connectivity index (χ0n) is 10.9. The fraction of sp³-hybridized carbons (Fsp3) is 0.533. The van der Waals surface area contributed by atoms with Gasteiger partial charge in [-0.3, -0.25) is 0 Å². The van der Waals surface area contributed by atoms with E-state index in [0.717, 1.165) is 11.4 Å². The Morgan fingerprint density at radius 1 is 1.22 bits per heavy atom. The van der Waals surface area contributed by atoms with E-state index in [2.05, 4.69) is 40.9 Å². The summed E-state index contributed by atoms with van der Waals surface area (Å²) < 4.78 is 4.49. The Labute approximate surface area is 113 Å². The maximum absolute atomic E-state index is 4.49. The highest BCUT2D eigenvalue weighted by molar-refractivity contribution is 7.11. The molecule has 0 unspecified atom stereocenters. The van der Waals surface area contributed by atoms with E-state index in [1.54, 1.807) is 11.5 Å². The molecule has 1 saturated carbocycles. The molecular weight excluding hydrogens is 240 g/mol. The van der Waals surface area contributed by atoms with Gasteiger partial charge in [-0.25, -0.2) is 0 Å². The smallest absolute Gasteiger partial charge is 0.117 e. The Bertz CT molecular complexity index is 512. The third-order valence-corrected chi connectivity index (χ3v) is 4.95. The predicted octanol–water partition coefficient (Wildman–Crippen LogP) is 4.68. The zero-order chi connectivity index (χ0) is 12.4. The summed E-state index contributed by atoms with van der Waals surface area (Å²) in [6.45, 7) is 2.31. The zero-order valence-corrected chi connectivity index (χ0v) is 11.7. The minimum Gasteiger partial charge on any atom is -0.372 e. The standard InChI is InChI=1S/C15H20N2S/c1-2-11-7-9-12(10-8-11)16-15-13-5-3-4-6-14(13)17-18-15/h3-6,11-12,16H,2,7-10H2,1H3. The van der Waals surface area contributed by atoms with Crippen molar-refractivity contribution in [2.75, 3.05) is 5.32 Å². The highest BCUT2D eigenvalue weighted by atomic mass is 32.1. The minimum atomic E-state index is 0.650. The van der Waals surface area contributed by atoms with Gasteiger partial charge in [0, 0.05) is 11.4 Å². The second-order valence-corrected chi connectivity index (χ2v) is 6.07. The molecule has 1 aromatic heterocycles. The summed E-state index contributed by atoms with van der Waals surface area (Å²) in [7, 11) is 0.